The van der Waals surface area contributed by atoms with Gasteiger partial charge in [0, 0.05) is 23.3 Å². The van der Waals surface area contributed by atoms with Crippen LogP contribution in [0.2, 0.25) is 0 Å². The molecule has 5 nitrogen and oxygen atoms in total. The first-order valence-electron chi connectivity index (χ1n) is 15.0. The normalized spacial score (nSPS) is 45.7. The smallest absolute Gasteiger partial charge is 0.315 e. The summed E-state index contributed by atoms with van der Waals surface area (Å²) >= 11 is 0. The molecule has 218 valence electrons. The highest BCUT2D eigenvalue weighted by Crippen LogP contribution is 2.74. The number of hydrogen-bond acceptors (Lipinski definition) is 4. The van der Waals surface area contributed by atoms with E-state index in [2.05, 4.69) is 46.0 Å². The van der Waals surface area contributed by atoms with Crippen LogP contribution in [0.4, 0.5) is 8.78 Å². The minimum atomic E-state index is -3.06. The summed E-state index contributed by atoms with van der Waals surface area (Å²) in [4.78, 5) is 39.7. The van der Waals surface area contributed by atoms with Gasteiger partial charge in [-0.3, -0.25) is 14.4 Å². The summed E-state index contributed by atoms with van der Waals surface area (Å²) in [6, 6.07) is 2.15. The number of rotatable bonds is 3. The molecule has 7 heteroatoms. The van der Waals surface area contributed by atoms with Crippen LogP contribution in [-0.2, 0) is 14.4 Å². The molecule has 1 amide bonds. The first kappa shape index (κ1) is 29.1. The molecule has 3 saturated carbocycles. The monoisotopic (exact) mass is 554 g/mol. The zero-order valence-electron chi connectivity index (χ0n) is 25.0. The molecular formula is C33H44F2N2O3. The lowest BCUT2D eigenvalue weighted by atomic mass is 9.34. The fourth-order valence-corrected chi connectivity index (χ4v) is 10.6. The third-order valence-electron chi connectivity index (χ3n) is 13.2. The molecule has 0 saturated heterocycles. The standard InChI is InChI=1S/C33H44F2N2O3/c1-18-8-11-33(17-37-28(40)27(34)35)13-12-32(7)25(24(33)19(18)2)21(38)14-23-30(5)15-20(16-36)26(39)29(3,4)22(30)9-10-31(23,32)6/h14-15,18-19,22,24-25,27H,8-13,17H2,1-7H3,(H,37,40)/t18-,19+,22+,24+,25-,30+,31-,32-,33-/m1/s1. The van der Waals surface area contributed by atoms with Gasteiger partial charge in [-0.1, -0.05) is 60.1 Å². The Labute approximate surface area is 237 Å². The summed E-state index contributed by atoms with van der Waals surface area (Å²) in [5.74, 6) is -1.02. The van der Waals surface area contributed by atoms with Gasteiger partial charge >= 0.3 is 6.43 Å². The fraction of sp³-hybridized carbons (Fsp3) is 0.758. The van der Waals surface area contributed by atoms with Crippen molar-refractivity contribution in [3.63, 3.8) is 0 Å². The topological polar surface area (TPSA) is 87.0 Å². The van der Waals surface area contributed by atoms with Crippen LogP contribution in [0.15, 0.2) is 23.3 Å². The molecule has 0 aromatic rings. The third-order valence-corrected chi connectivity index (χ3v) is 13.2. The molecule has 0 radical (unpaired) electrons. The van der Waals surface area contributed by atoms with Gasteiger partial charge in [0.2, 0.25) is 0 Å². The van der Waals surface area contributed by atoms with Crippen molar-refractivity contribution in [2.24, 2.45) is 56.7 Å². The Hall–Kier alpha value is -2.36. The molecule has 5 rings (SSSR count). The Kier molecular flexibility index (Phi) is 6.61. The van der Waals surface area contributed by atoms with Crippen LogP contribution in [0.25, 0.3) is 0 Å². The SMILES string of the molecule is C[C@@H]1[C@H]2[C@H]3C(=O)C=C4[C@@]5(C)C=C(C#N)C(=O)C(C)(C)[C@@H]5CC[C@@]4(C)[C@]3(C)CC[C@@]2(CNC(=O)C(F)F)CC[C@H]1C. The minimum Gasteiger partial charge on any atom is -0.351 e. The number of nitrogens with zero attached hydrogens (tertiary/aromatic N) is 1. The highest BCUT2D eigenvalue weighted by molar-refractivity contribution is 6.04. The number of Topliss-reactive ketones (excluding diaryl/α,β-unsaturated/α-hetero) is 1. The highest BCUT2D eigenvalue weighted by atomic mass is 19.3. The number of halogens is 2. The van der Waals surface area contributed by atoms with Crippen LogP contribution in [0.1, 0.15) is 87.0 Å². The number of allylic oxidation sites excluding steroid dienone is 4. The lowest BCUT2D eigenvalue weighted by Gasteiger charge is -2.69. The summed E-state index contributed by atoms with van der Waals surface area (Å²) in [7, 11) is 0. The zero-order chi connectivity index (χ0) is 29.6. The summed E-state index contributed by atoms with van der Waals surface area (Å²) in [6.45, 7) is 15.1. The van der Waals surface area contributed by atoms with Gasteiger partial charge in [-0.15, -0.1) is 0 Å². The van der Waals surface area contributed by atoms with Crippen molar-refractivity contribution in [3.05, 3.63) is 23.3 Å². The van der Waals surface area contributed by atoms with E-state index in [0.29, 0.717) is 5.92 Å². The third kappa shape index (κ3) is 3.62. The zero-order valence-corrected chi connectivity index (χ0v) is 25.0. The summed E-state index contributed by atoms with van der Waals surface area (Å²) in [6.07, 6.45) is 5.60. The van der Waals surface area contributed by atoms with Gasteiger partial charge in [0.25, 0.3) is 5.91 Å². The molecule has 9 atom stereocenters. The van der Waals surface area contributed by atoms with Crippen LogP contribution < -0.4 is 5.32 Å². The Morgan fingerprint density at radius 2 is 1.75 bits per heavy atom. The molecule has 0 spiro atoms. The van der Waals surface area contributed by atoms with E-state index in [4.69, 9.17) is 0 Å². The van der Waals surface area contributed by atoms with Gasteiger partial charge in [0.1, 0.15) is 6.07 Å². The molecule has 3 fully saturated rings. The Bertz CT molecular complexity index is 1260. The molecule has 0 unspecified atom stereocenters. The molecule has 0 aromatic heterocycles. The fourth-order valence-electron chi connectivity index (χ4n) is 10.6. The van der Waals surface area contributed by atoms with E-state index in [-0.39, 0.29) is 58.2 Å². The first-order valence-corrected chi connectivity index (χ1v) is 15.0. The number of alkyl halides is 2. The second-order valence-corrected chi connectivity index (χ2v) is 15.1. The molecule has 0 heterocycles. The van der Waals surface area contributed by atoms with Crippen molar-refractivity contribution in [1.29, 1.82) is 5.26 Å². The molecule has 1 N–H and O–H groups in total. The van der Waals surface area contributed by atoms with Crippen molar-refractivity contribution in [2.45, 2.75) is 93.4 Å². The van der Waals surface area contributed by atoms with Gasteiger partial charge < -0.3 is 5.32 Å². The summed E-state index contributed by atoms with van der Waals surface area (Å²) in [5.41, 5.74) is -1.18. The Balaban J connectivity index is 1.64. The predicted octanol–water partition coefficient (Wildman–Crippen LogP) is 6.44. The lowest BCUT2D eigenvalue weighted by molar-refractivity contribution is -0.176. The van der Waals surface area contributed by atoms with E-state index < -0.39 is 28.6 Å². The average molecular weight is 555 g/mol. The highest BCUT2D eigenvalue weighted by Gasteiger charge is 2.70. The summed E-state index contributed by atoms with van der Waals surface area (Å²) < 4.78 is 26.3. The molecule has 40 heavy (non-hydrogen) atoms. The molecule has 5 aliphatic carbocycles. The number of carbonyl (C=O) groups is 3. The van der Waals surface area contributed by atoms with E-state index in [1.54, 1.807) is 0 Å². The number of hydrogen-bond donors (Lipinski definition) is 1. The number of amides is 1. The Morgan fingerprint density at radius 1 is 1.07 bits per heavy atom. The van der Waals surface area contributed by atoms with Crippen LogP contribution in [0.5, 0.6) is 0 Å². The number of ketones is 2. The van der Waals surface area contributed by atoms with Crippen LogP contribution in [0, 0.1) is 68.0 Å². The average Bonchev–Trinajstić information content (AvgIpc) is 2.89. The maximum absolute atomic E-state index is 14.5. The maximum atomic E-state index is 14.5. The minimum absolute atomic E-state index is 0.0160. The number of carbonyl (C=O) groups excluding carboxylic acids is 3. The molecule has 0 aliphatic heterocycles. The van der Waals surface area contributed by atoms with E-state index >= 15 is 0 Å². The second-order valence-electron chi connectivity index (χ2n) is 15.1. The van der Waals surface area contributed by atoms with Crippen molar-refractivity contribution < 1.29 is 23.2 Å². The van der Waals surface area contributed by atoms with E-state index in [9.17, 15) is 28.4 Å². The molecule has 0 aromatic carbocycles. The van der Waals surface area contributed by atoms with Gasteiger partial charge in [-0.05, 0) is 84.5 Å². The van der Waals surface area contributed by atoms with Crippen LogP contribution >= 0.6 is 0 Å². The largest absolute Gasteiger partial charge is 0.351 e. The first-order chi connectivity index (χ1) is 18.5. The predicted molar refractivity (Wildman–Crippen MR) is 148 cm³/mol. The second kappa shape index (κ2) is 9.07. The van der Waals surface area contributed by atoms with Crippen molar-refractivity contribution in [1.82, 2.24) is 5.32 Å². The van der Waals surface area contributed by atoms with E-state index in [1.807, 2.05) is 26.0 Å². The summed E-state index contributed by atoms with van der Waals surface area (Å²) in [5, 5.41) is 12.4. The molecule has 5 aliphatic rings. The van der Waals surface area contributed by atoms with Gasteiger partial charge in [-0.2, -0.15) is 14.0 Å². The van der Waals surface area contributed by atoms with Crippen LogP contribution in [0.3, 0.4) is 0 Å². The molecular weight excluding hydrogens is 510 g/mol. The van der Waals surface area contributed by atoms with Crippen molar-refractivity contribution >= 4 is 17.5 Å². The molecule has 0 bridgehead atoms. The quantitative estimate of drug-likeness (QED) is 0.435. The van der Waals surface area contributed by atoms with Gasteiger partial charge in [0.05, 0.1) is 5.57 Å². The van der Waals surface area contributed by atoms with Crippen molar-refractivity contribution in [3.8, 4) is 6.07 Å². The Morgan fingerprint density at radius 3 is 2.38 bits per heavy atom. The number of nitrogens with one attached hydrogen (secondary N) is 1. The van der Waals surface area contributed by atoms with Crippen LogP contribution in [-0.4, -0.2) is 30.4 Å². The lowest BCUT2D eigenvalue weighted by Crippen LogP contribution is -2.66. The number of nitriles is 1. The number of fused-ring (bicyclic) bond motifs is 7. The van der Waals surface area contributed by atoms with E-state index in [0.717, 1.165) is 44.1 Å². The van der Waals surface area contributed by atoms with Crippen molar-refractivity contribution in [2.75, 3.05) is 6.54 Å². The maximum Gasteiger partial charge on any atom is 0.315 e. The van der Waals surface area contributed by atoms with Gasteiger partial charge in [-0.25, -0.2) is 0 Å². The van der Waals surface area contributed by atoms with E-state index in [1.165, 1.54) is 0 Å². The van der Waals surface area contributed by atoms with Gasteiger partial charge in [0.15, 0.2) is 11.6 Å².